The van der Waals surface area contributed by atoms with E-state index in [4.69, 9.17) is 4.42 Å². The number of benzene rings is 12. The molecule has 0 aliphatic carbocycles. The quantitative estimate of drug-likeness (QED) is 0.165. The highest BCUT2D eigenvalue weighted by molar-refractivity contribution is 6.27. The lowest BCUT2D eigenvalue weighted by Crippen LogP contribution is -1.92. The van der Waals surface area contributed by atoms with E-state index in [1.54, 1.807) is 0 Å². The van der Waals surface area contributed by atoms with E-state index < -0.39 is 0 Å². The van der Waals surface area contributed by atoms with Crippen LogP contribution < -0.4 is 0 Å². The highest BCUT2D eigenvalue weighted by Crippen LogP contribution is 2.46. The monoisotopic (exact) mass is 723 g/mol. The molecule has 0 bridgehead atoms. The SMILES string of the molecule is [2H]c1c([2H])c(-c2cccc(-c3ccc4oc5ccccc5c4c3)c2)c(-c2ccc3ccc4cccc5ccc2c3c45)c([2H])c1-c1ccc2ccc3cccc4ccc1c2c34. The molecule has 1 nitrogen and oxygen atoms in total. The normalized spacial score (nSPS) is 12.9. The van der Waals surface area contributed by atoms with Crippen molar-refractivity contribution in [3.8, 4) is 44.5 Å². The molecular formula is C56H32O. The van der Waals surface area contributed by atoms with E-state index in [1.165, 1.54) is 21.5 Å². The highest BCUT2D eigenvalue weighted by Gasteiger charge is 2.19. The van der Waals surface area contributed by atoms with Crippen LogP contribution in [0.4, 0.5) is 0 Å². The van der Waals surface area contributed by atoms with Gasteiger partial charge in [-0.05, 0) is 139 Å². The average molecular weight is 724 g/mol. The van der Waals surface area contributed by atoms with Gasteiger partial charge in [-0.3, -0.25) is 0 Å². The molecule has 262 valence electrons. The van der Waals surface area contributed by atoms with Crippen LogP contribution in [-0.2, 0) is 0 Å². The van der Waals surface area contributed by atoms with Gasteiger partial charge in [0.2, 0.25) is 0 Å². The van der Waals surface area contributed by atoms with Gasteiger partial charge in [-0.15, -0.1) is 0 Å². The van der Waals surface area contributed by atoms with E-state index in [9.17, 15) is 4.11 Å². The molecule has 1 aromatic heterocycles. The Balaban J connectivity index is 1.11. The third-order valence-electron chi connectivity index (χ3n) is 12.3. The van der Waals surface area contributed by atoms with Crippen LogP contribution in [-0.4, -0.2) is 0 Å². The second-order valence-electron chi connectivity index (χ2n) is 15.3. The summed E-state index contributed by atoms with van der Waals surface area (Å²) in [6, 6.07) is 61.6. The smallest absolute Gasteiger partial charge is 0.135 e. The van der Waals surface area contributed by atoms with Gasteiger partial charge in [0, 0.05) is 10.8 Å². The lowest BCUT2D eigenvalue weighted by molar-refractivity contribution is 0.669. The summed E-state index contributed by atoms with van der Waals surface area (Å²) in [5, 5.41) is 15.7. The van der Waals surface area contributed by atoms with Gasteiger partial charge in [-0.1, -0.05) is 164 Å². The molecule has 0 spiro atoms. The molecule has 0 aliphatic rings. The van der Waals surface area contributed by atoms with Gasteiger partial charge in [0.1, 0.15) is 11.2 Å². The van der Waals surface area contributed by atoms with Crippen molar-refractivity contribution in [3.05, 3.63) is 194 Å². The fourth-order valence-corrected chi connectivity index (χ4v) is 9.63. The van der Waals surface area contributed by atoms with Crippen LogP contribution in [0, 0.1) is 0 Å². The van der Waals surface area contributed by atoms with Crippen molar-refractivity contribution in [2.75, 3.05) is 0 Å². The predicted molar refractivity (Wildman–Crippen MR) is 243 cm³/mol. The Bertz CT molecular complexity index is 3900. The van der Waals surface area contributed by atoms with Gasteiger partial charge in [-0.2, -0.15) is 0 Å². The van der Waals surface area contributed by atoms with Crippen molar-refractivity contribution >= 4 is 86.6 Å². The molecular weight excluding hydrogens is 689 g/mol. The van der Waals surface area contributed by atoms with Crippen molar-refractivity contribution in [2.45, 2.75) is 0 Å². The van der Waals surface area contributed by atoms with Crippen LogP contribution in [0.1, 0.15) is 4.11 Å². The van der Waals surface area contributed by atoms with Crippen LogP contribution in [0.3, 0.4) is 0 Å². The molecule has 0 amide bonds. The summed E-state index contributed by atoms with van der Waals surface area (Å²) in [6.07, 6.45) is 0. The molecule has 0 N–H and O–H groups in total. The molecule has 0 unspecified atom stereocenters. The Hall–Kier alpha value is -7.48. The summed E-state index contributed by atoms with van der Waals surface area (Å²) >= 11 is 0. The lowest BCUT2D eigenvalue weighted by Gasteiger charge is -2.19. The zero-order chi connectivity index (χ0) is 39.8. The largest absolute Gasteiger partial charge is 0.456 e. The van der Waals surface area contributed by atoms with Crippen molar-refractivity contribution in [2.24, 2.45) is 0 Å². The summed E-state index contributed by atoms with van der Waals surface area (Å²) in [4.78, 5) is 0. The molecule has 13 aromatic rings. The zero-order valence-electron chi connectivity index (χ0n) is 33.7. The number of fused-ring (bicyclic) bond motifs is 3. The van der Waals surface area contributed by atoms with Crippen LogP contribution in [0.25, 0.3) is 131 Å². The average Bonchev–Trinajstić information content (AvgIpc) is 3.67. The van der Waals surface area contributed by atoms with Crippen molar-refractivity contribution < 1.29 is 8.53 Å². The van der Waals surface area contributed by atoms with E-state index >= 15 is 0 Å². The minimum Gasteiger partial charge on any atom is -0.456 e. The predicted octanol–water partition coefficient (Wildman–Crippen LogP) is 16.0. The fourth-order valence-electron chi connectivity index (χ4n) is 9.63. The van der Waals surface area contributed by atoms with Crippen LogP contribution >= 0.6 is 0 Å². The first-order valence-electron chi connectivity index (χ1n) is 21.0. The van der Waals surface area contributed by atoms with E-state index in [0.717, 1.165) is 92.8 Å². The van der Waals surface area contributed by atoms with Crippen molar-refractivity contribution in [3.63, 3.8) is 0 Å². The Morgan fingerprint density at radius 3 is 1.56 bits per heavy atom. The molecule has 12 aromatic carbocycles. The van der Waals surface area contributed by atoms with Crippen LogP contribution in [0.2, 0.25) is 0 Å². The Morgan fingerprint density at radius 2 is 0.842 bits per heavy atom. The Kier molecular flexibility index (Phi) is 5.66. The highest BCUT2D eigenvalue weighted by atomic mass is 16.3. The molecule has 0 aliphatic heterocycles. The van der Waals surface area contributed by atoms with Gasteiger partial charge >= 0.3 is 0 Å². The maximum atomic E-state index is 10.4. The van der Waals surface area contributed by atoms with Gasteiger partial charge in [-0.25, -0.2) is 0 Å². The maximum absolute atomic E-state index is 10.4. The van der Waals surface area contributed by atoms with Crippen LogP contribution in [0.5, 0.6) is 0 Å². The second kappa shape index (κ2) is 11.5. The number of para-hydroxylation sites is 1. The molecule has 0 fully saturated rings. The summed E-state index contributed by atoms with van der Waals surface area (Å²) in [5.41, 5.74) is 7.86. The van der Waals surface area contributed by atoms with Crippen molar-refractivity contribution in [1.82, 2.24) is 0 Å². The number of hydrogen-bond donors (Lipinski definition) is 0. The molecule has 0 atom stereocenters. The first kappa shape index (κ1) is 28.0. The van der Waals surface area contributed by atoms with Crippen molar-refractivity contribution in [1.29, 1.82) is 0 Å². The Morgan fingerprint density at radius 1 is 0.298 bits per heavy atom. The number of rotatable bonds is 4. The zero-order valence-corrected chi connectivity index (χ0v) is 30.7. The minimum atomic E-state index is 0.0446. The minimum absolute atomic E-state index is 0.0446. The third-order valence-corrected chi connectivity index (χ3v) is 12.3. The summed E-state index contributed by atoms with van der Waals surface area (Å²) < 4.78 is 36.4. The Labute approximate surface area is 332 Å². The first-order chi connectivity index (χ1) is 29.5. The molecule has 0 saturated heterocycles. The second-order valence-corrected chi connectivity index (χ2v) is 15.3. The van der Waals surface area contributed by atoms with Gasteiger partial charge in [0.05, 0.1) is 4.11 Å². The van der Waals surface area contributed by atoms with E-state index in [2.05, 4.69) is 140 Å². The lowest BCUT2D eigenvalue weighted by atomic mass is 9.84. The topological polar surface area (TPSA) is 13.1 Å². The summed E-state index contributed by atoms with van der Waals surface area (Å²) in [6.45, 7) is 0. The fraction of sp³-hybridized carbons (Fsp3) is 0. The van der Waals surface area contributed by atoms with E-state index in [1.807, 2.05) is 36.4 Å². The standard InChI is InChI=1S/C56H32O/c1-2-13-51-46(12-1)50-31-40(23-29-52(50)57-51)39-10-5-11-41(30-39)44-25-22-42(43-24-18-37-16-14-33-6-3-8-35-20-27-47(43)55(37)53(33)35)32-49(44)45-26-19-38-17-15-34-7-4-9-36-21-28-48(45)56(38)54(34)36/h1-32H/i22D,25D,32D. The molecule has 1 heterocycles. The molecule has 13 rings (SSSR count). The third kappa shape index (κ3) is 4.46. The maximum Gasteiger partial charge on any atom is 0.135 e. The first-order valence-corrected chi connectivity index (χ1v) is 19.5. The van der Waals surface area contributed by atoms with E-state index in [-0.39, 0.29) is 18.1 Å². The van der Waals surface area contributed by atoms with E-state index in [0.29, 0.717) is 16.7 Å². The molecule has 0 saturated carbocycles. The molecule has 1 heteroatoms. The summed E-state index contributed by atoms with van der Waals surface area (Å²) in [5.74, 6) is 0. The molecule has 57 heavy (non-hydrogen) atoms. The summed E-state index contributed by atoms with van der Waals surface area (Å²) in [7, 11) is 0. The van der Waals surface area contributed by atoms with Gasteiger partial charge < -0.3 is 4.42 Å². The van der Waals surface area contributed by atoms with Gasteiger partial charge in [0.25, 0.3) is 0 Å². The van der Waals surface area contributed by atoms with Gasteiger partial charge in [0.15, 0.2) is 0 Å². The molecule has 0 radical (unpaired) electrons. The van der Waals surface area contributed by atoms with Crippen LogP contribution in [0.15, 0.2) is 198 Å². The number of hydrogen-bond acceptors (Lipinski definition) is 1. The number of furan rings is 1.